The molecule has 1 aliphatic heterocycles. The summed E-state index contributed by atoms with van der Waals surface area (Å²) >= 11 is 0. The van der Waals surface area contributed by atoms with Gasteiger partial charge in [0.05, 0.1) is 30.8 Å². The van der Waals surface area contributed by atoms with Gasteiger partial charge in [0.25, 0.3) is 0 Å². The number of likely N-dealkylation sites (tertiary alicyclic amines) is 1. The molecule has 1 unspecified atom stereocenters. The number of methoxy groups -OCH3 is 2. The highest BCUT2D eigenvalue weighted by Gasteiger charge is 2.51. The van der Waals surface area contributed by atoms with Crippen molar-refractivity contribution in [2.45, 2.75) is 31.7 Å². The quantitative estimate of drug-likeness (QED) is 0.653. The highest BCUT2D eigenvalue weighted by atomic mass is 16.5. The second kappa shape index (κ2) is 7.48. The highest BCUT2D eigenvalue weighted by molar-refractivity contribution is 6.17. The van der Waals surface area contributed by atoms with Gasteiger partial charge < -0.3 is 19.4 Å². The average Bonchev–Trinajstić information content (AvgIpc) is 3.23. The molecule has 2 N–H and O–H groups in total. The Balaban J connectivity index is 1.59. The standard InChI is InChI=1S/C23H26N4O3/c1-23(2)20(28)19(22-25-17-7-5-6-8-18(17)26-22)21(24)27(23)10-9-14-11-15(29-3)13-16(12-14)30-4/h5-8,11-13,19,24H,9-10H2,1-4H3,(H,25,26). The summed E-state index contributed by atoms with van der Waals surface area (Å²) < 4.78 is 10.7. The zero-order chi connectivity index (χ0) is 21.5. The van der Waals surface area contributed by atoms with Crippen LogP contribution in [0, 0.1) is 5.41 Å². The van der Waals surface area contributed by atoms with Gasteiger partial charge in [-0.25, -0.2) is 4.98 Å². The predicted octanol–water partition coefficient (Wildman–Crippen LogP) is 3.55. The van der Waals surface area contributed by atoms with Crippen LogP contribution in [0.15, 0.2) is 42.5 Å². The SMILES string of the molecule is COc1cc(CCN2C(=N)C(c3nc4ccccc4[nH]3)C(=O)C2(C)C)cc(OC)c1. The van der Waals surface area contributed by atoms with Gasteiger partial charge in [0.1, 0.15) is 29.1 Å². The van der Waals surface area contributed by atoms with E-state index in [2.05, 4.69) is 9.97 Å². The highest BCUT2D eigenvalue weighted by Crippen LogP contribution is 2.36. The number of carbonyl (C=O) groups is 1. The van der Waals surface area contributed by atoms with E-state index in [9.17, 15) is 4.79 Å². The number of rotatable bonds is 6. The number of H-pyrrole nitrogens is 1. The van der Waals surface area contributed by atoms with Gasteiger partial charge in [0.15, 0.2) is 5.78 Å². The van der Waals surface area contributed by atoms with Crippen LogP contribution in [0.3, 0.4) is 0 Å². The van der Waals surface area contributed by atoms with Crippen molar-refractivity contribution in [3.8, 4) is 11.5 Å². The van der Waals surface area contributed by atoms with Crippen molar-refractivity contribution in [3.05, 3.63) is 53.9 Å². The second-order valence-electron chi connectivity index (χ2n) is 8.00. The summed E-state index contributed by atoms with van der Waals surface area (Å²) in [6.07, 6.45) is 0.652. The molecule has 4 rings (SSSR count). The van der Waals surface area contributed by atoms with Crippen LogP contribution in [0.5, 0.6) is 11.5 Å². The number of hydrogen-bond donors (Lipinski definition) is 2. The van der Waals surface area contributed by atoms with Crippen molar-refractivity contribution in [2.75, 3.05) is 20.8 Å². The molecule has 0 radical (unpaired) electrons. The van der Waals surface area contributed by atoms with Crippen LogP contribution < -0.4 is 9.47 Å². The maximum atomic E-state index is 13.3. The molecule has 1 aromatic heterocycles. The Morgan fingerprint density at radius 1 is 1.13 bits per heavy atom. The van der Waals surface area contributed by atoms with Gasteiger partial charge in [-0.1, -0.05) is 12.1 Å². The van der Waals surface area contributed by atoms with E-state index in [4.69, 9.17) is 14.9 Å². The average molecular weight is 406 g/mol. The van der Waals surface area contributed by atoms with Crippen molar-refractivity contribution in [2.24, 2.45) is 0 Å². The lowest BCUT2D eigenvalue weighted by atomic mass is 9.93. The zero-order valence-electron chi connectivity index (χ0n) is 17.7. The Kier molecular flexibility index (Phi) is 4.97. The van der Waals surface area contributed by atoms with Gasteiger partial charge in [-0.05, 0) is 50.1 Å². The summed E-state index contributed by atoms with van der Waals surface area (Å²) in [5.41, 5.74) is 1.90. The largest absolute Gasteiger partial charge is 0.497 e. The normalized spacial score (nSPS) is 18.3. The minimum absolute atomic E-state index is 0.0187. The van der Waals surface area contributed by atoms with Crippen LogP contribution in [-0.2, 0) is 11.2 Å². The van der Waals surface area contributed by atoms with Crippen molar-refractivity contribution >= 4 is 22.7 Å². The first-order valence-corrected chi connectivity index (χ1v) is 9.92. The number of ether oxygens (including phenoxy) is 2. The number of imidazole rings is 1. The minimum atomic E-state index is -0.788. The van der Waals surface area contributed by atoms with E-state index in [1.54, 1.807) is 14.2 Å². The molecule has 7 nitrogen and oxygen atoms in total. The summed E-state index contributed by atoms with van der Waals surface area (Å²) in [4.78, 5) is 22.9. The fraction of sp³-hybridized carbons (Fsp3) is 0.348. The molecule has 1 aliphatic rings. The number of aromatic amines is 1. The first kappa shape index (κ1) is 19.9. The van der Waals surface area contributed by atoms with Crippen molar-refractivity contribution in [3.63, 3.8) is 0 Å². The zero-order valence-corrected chi connectivity index (χ0v) is 17.7. The summed E-state index contributed by atoms with van der Waals surface area (Å²) in [5.74, 6) is 1.54. The summed E-state index contributed by atoms with van der Waals surface area (Å²) in [5, 5.41) is 8.78. The molecule has 0 saturated carbocycles. The number of nitrogens with zero attached hydrogens (tertiary/aromatic N) is 2. The third kappa shape index (κ3) is 3.30. The van der Waals surface area contributed by atoms with Crippen LogP contribution in [0.2, 0.25) is 0 Å². The monoisotopic (exact) mass is 406 g/mol. The van der Waals surface area contributed by atoms with E-state index in [-0.39, 0.29) is 11.6 Å². The van der Waals surface area contributed by atoms with Gasteiger partial charge in [-0.3, -0.25) is 10.2 Å². The number of benzene rings is 2. The molecule has 2 aromatic carbocycles. The van der Waals surface area contributed by atoms with Gasteiger partial charge in [-0.15, -0.1) is 0 Å². The number of hydrogen-bond acceptors (Lipinski definition) is 5. The van der Waals surface area contributed by atoms with E-state index in [0.29, 0.717) is 18.8 Å². The summed E-state index contributed by atoms with van der Waals surface area (Å²) in [6, 6.07) is 13.4. The lowest BCUT2D eigenvalue weighted by Crippen LogP contribution is -2.45. The molecule has 30 heavy (non-hydrogen) atoms. The van der Waals surface area contributed by atoms with Crippen LogP contribution in [0.25, 0.3) is 11.0 Å². The number of fused-ring (bicyclic) bond motifs is 1. The van der Waals surface area contributed by atoms with Crippen molar-refractivity contribution in [1.82, 2.24) is 14.9 Å². The Morgan fingerprint density at radius 3 is 2.43 bits per heavy atom. The smallest absolute Gasteiger partial charge is 0.175 e. The molecule has 0 aliphatic carbocycles. The maximum absolute atomic E-state index is 13.3. The number of amidine groups is 1. The number of nitrogens with one attached hydrogen (secondary N) is 2. The van der Waals surface area contributed by atoms with E-state index in [1.165, 1.54) is 0 Å². The third-order valence-electron chi connectivity index (χ3n) is 5.82. The first-order valence-electron chi connectivity index (χ1n) is 9.92. The molecule has 1 saturated heterocycles. The molecule has 0 spiro atoms. The minimum Gasteiger partial charge on any atom is -0.497 e. The van der Waals surface area contributed by atoms with Gasteiger partial charge in [0.2, 0.25) is 0 Å². The molecule has 1 atom stereocenters. The molecule has 0 amide bonds. The number of Topliss-reactive ketones (excluding diaryl/α,β-unsaturated/α-hetero) is 1. The number of carbonyl (C=O) groups excluding carboxylic acids is 1. The van der Waals surface area contributed by atoms with Crippen molar-refractivity contribution < 1.29 is 14.3 Å². The number of para-hydroxylation sites is 2. The summed E-state index contributed by atoms with van der Waals surface area (Å²) in [7, 11) is 3.24. The van der Waals surface area contributed by atoms with Crippen LogP contribution >= 0.6 is 0 Å². The molecule has 156 valence electrons. The van der Waals surface area contributed by atoms with E-state index in [0.717, 1.165) is 28.1 Å². The topological polar surface area (TPSA) is 91.3 Å². The van der Waals surface area contributed by atoms with Crippen LogP contribution in [0.1, 0.15) is 31.2 Å². The lowest BCUT2D eigenvalue weighted by molar-refractivity contribution is -0.124. The lowest BCUT2D eigenvalue weighted by Gasteiger charge is -2.31. The molecule has 7 heteroatoms. The first-order chi connectivity index (χ1) is 14.3. The molecule has 0 bridgehead atoms. The van der Waals surface area contributed by atoms with E-state index < -0.39 is 11.5 Å². The van der Waals surface area contributed by atoms with Gasteiger partial charge >= 0.3 is 0 Å². The predicted molar refractivity (Wildman–Crippen MR) is 116 cm³/mol. The van der Waals surface area contributed by atoms with Crippen molar-refractivity contribution in [1.29, 1.82) is 5.41 Å². The molecular formula is C23H26N4O3. The summed E-state index contributed by atoms with van der Waals surface area (Å²) in [6.45, 7) is 4.28. The van der Waals surface area contributed by atoms with Gasteiger partial charge in [-0.2, -0.15) is 0 Å². The maximum Gasteiger partial charge on any atom is 0.175 e. The van der Waals surface area contributed by atoms with E-state index in [1.807, 2.05) is 61.2 Å². The third-order valence-corrected chi connectivity index (χ3v) is 5.82. The Hall–Kier alpha value is -3.35. The Labute approximate surface area is 175 Å². The fourth-order valence-electron chi connectivity index (χ4n) is 4.08. The van der Waals surface area contributed by atoms with Crippen LogP contribution in [-0.4, -0.2) is 52.8 Å². The molecule has 1 fully saturated rings. The molecular weight excluding hydrogens is 380 g/mol. The van der Waals surface area contributed by atoms with Gasteiger partial charge in [0, 0.05) is 12.6 Å². The Morgan fingerprint density at radius 2 is 1.80 bits per heavy atom. The second-order valence-corrected chi connectivity index (χ2v) is 8.00. The van der Waals surface area contributed by atoms with E-state index >= 15 is 0 Å². The Bertz CT molecular complexity index is 1060. The number of aromatic nitrogens is 2. The fourth-order valence-corrected chi connectivity index (χ4v) is 4.08. The molecule has 3 aromatic rings. The number of ketones is 1. The molecule has 2 heterocycles. The van der Waals surface area contributed by atoms with Crippen LogP contribution in [0.4, 0.5) is 0 Å².